The highest BCUT2D eigenvalue weighted by Gasteiger charge is 2.25. The topological polar surface area (TPSA) is 75.0 Å². The summed E-state index contributed by atoms with van der Waals surface area (Å²) in [6, 6.07) is 7.98. The predicted octanol–water partition coefficient (Wildman–Crippen LogP) is 1.38. The smallest absolute Gasteiger partial charge is 0.223 e. The number of aryl methyl sites for hydroxylation is 1. The number of nitrogens with two attached hydrogens (primary N) is 1. The fourth-order valence-corrected chi connectivity index (χ4v) is 2.65. The number of aromatic amines is 1. The molecule has 1 aromatic carbocycles. The molecule has 5 nitrogen and oxygen atoms in total. The van der Waals surface area contributed by atoms with Crippen molar-refractivity contribution in [2.24, 2.45) is 5.73 Å². The molecule has 0 aliphatic carbocycles. The molecule has 1 atom stereocenters. The van der Waals surface area contributed by atoms with Crippen LogP contribution in [0.4, 0.5) is 0 Å². The molecule has 0 saturated carbocycles. The lowest BCUT2D eigenvalue weighted by atomic mass is 9.96. The van der Waals surface area contributed by atoms with E-state index in [-0.39, 0.29) is 11.9 Å². The van der Waals surface area contributed by atoms with Gasteiger partial charge in [0.25, 0.3) is 0 Å². The number of H-pyrrole nitrogens is 1. The van der Waals surface area contributed by atoms with Crippen molar-refractivity contribution in [1.82, 2.24) is 14.9 Å². The fourth-order valence-electron chi connectivity index (χ4n) is 2.65. The summed E-state index contributed by atoms with van der Waals surface area (Å²) >= 11 is 0. The molecule has 20 heavy (non-hydrogen) atoms. The molecule has 1 aliphatic rings. The third-order valence-electron chi connectivity index (χ3n) is 3.72. The minimum absolute atomic E-state index is 0.0903. The second kappa shape index (κ2) is 5.46. The SMILES string of the molecule is NC1CN(C(=O)CCc2ncc[nH]2)Cc2ccccc21. The largest absolute Gasteiger partial charge is 0.349 e. The van der Waals surface area contributed by atoms with Crippen molar-refractivity contribution in [3.63, 3.8) is 0 Å². The summed E-state index contributed by atoms with van der Waals surface area (Å²) in [5.74, 6) is 0.978. The van der Waals surface area contributed by atoms with Crippen molar-refractivity contribution in [3.8, 4) is 0 Å². The third kappa shape index (κ3) is 2.58. The maximum atomic E-state index is 12.3. The highest BCUT2D eigenvalue weighted by atomic mass is 16.2. The number of aromatic nitrogens is 2. The number of imidazole rings is 1. The summed E-state index contributed by atoms with van der Waals surface area (Å²) in [6.07, 6.45) is 4.57. The van der Waals surface area contributed by atoms with Gasteiger partial charge in [-0.3, -0.25) is 4.79 Å². The summed E-state index contributed by atoms with van der Waals surface area (Å²) in [7, 11) is 0. The molecule has 1 amide bonds. The normalized spacial score (nSPS) is 17.9. The molecular weight excluding hydrogens is 252 g/mol. The predicted molar refractivity (Wildman–Crippen MR) is 75.7 cm³/mol. The van der Waals surface area contributed by atoms with Gasteiger partial charge in [0.05, 0.1) is 0 Å². The maximum absolute atomic E-state index is 12.3. The van der Waals surface area contributed by atoms with Crippen molar-refractivity contribution < 1.29 is 4.79 Å². The Morgan fingerprint density at radius 1 is 1.45 bits per heavy atom. The van der Waals surface area contributed by atoms with Gasteiger partial charge < -0.3 is 15.6 Å². The van der Waals surface area contributed by atoms with Crippen molar-refractivity contribution in [1.29, 1.82) is 0 Å². The summed E-state index contributed by atoms with van der Waals surface area (Å²) in [6.45, 7) is 1.24. The molecule has 0 fully saturated rings. The minimum atomic E-state index is -0.0903. The quantitative estimate of drug-likeness (QED) is 0.885. The van der Waals surface area contributed by atoms with E-state index < -0.39 is 0 Å². The van der Waals surface area contributed by atoms with Gasteiger partial charge in [0.2, 0.25) is 5.91 Å². The summed E-state index contributed by atoms with van der Waals surface area (Å²) in [5, 5.41) is 0. The Morgan fingerprint density at radius 2 is 2.30 bits per heavy atom. The number of hydrogen-bond acceptors (Lipinski definition) is 3. The van der Waals surface area contributed by atoms with Gasteiger partial charge in [0.15, 0.2) is 0 Å². The molecule has 1 unspecified atom stereocenters. The van der Waals surface area contributed by atoms with E-state index in [1.807, 2.05) is 29.2 Å². The van der Waals surface area contributed by atoms with E-state index in [2.05, 4.69) is 9.97 Å². The molecular formula is C15H18N4O. The molecule has 5 heteroatoms. The van der Waals surface area contributed by atoms with Gasteiger partial charge in [-0.2, -0.15) is 0 Å². The van der Waals surface area contributed by atoms with E-state index in [0.29, 0.717) is 25.9 Å². The summed E-state index contributed by atoms with van der Waals surface area (Å²) in [4.78, 5) is 21.3. The molecule has 3 rings (SSSR count). The molecule has 2 heterocycles. The van der Waals surface area contributed by atoms with Crippen molar-refractivity contribution in [2.75, 3.05) is 6.54 Å². The van der Waals surface area contributed by atoms with Gasteiger partial charge in [-0.25, -0.2) is 4.98 Å². The Morgan fingerprint density at radius 3 is 3.10 bits per heavy atom. The molecule has 0 radical (unpaired) electrons. The van der Waals surface area contributed by atoms with Gasteiger partial charge in [0.1, 0.15) is 5.82 Å². The van der Waals surface area contributed by atoms with Crippen LogP contribution >= 0.6 is 0 Å². The minimum Gasteiger partial charge on any atom is -0.349 e. The molecule has 0 bridgehead atoms. The van der Waals surface area contributed by atoms with E-state index in [1.165, 1.54) is 0 Å². The summed E-state index contributed by atoms with van der Waals surface area (Å²) < 4.78 is 0. The molecule has 2 aromatic rings. The first-order valence-corrected chi connectivity index (χ1v) is 6.83. The standard InChI is InChI=1S/C15H18N4O/c16-13-10-19(9-11-3-1-2-4-12(11)13)15(20)6-5-14-17-7-8-18-14/h1-4,7-8,13H,5-6,9-10,16H2,(H,17,18). The number of amides is 1. The van der Waals surface area contributed by atoms with Crippen LogP contribution in [-0.4, -0.2) is 27.3 Å². The number of nitrogens with zero attached hydrogens (tertiary/aromatic N) is 2. The van der Waals surface area contributed by atoms with Crippen LogP contribution in [0.15, 0.2) is 36.7 Å². The second-order valence-corrected chi connectivity index (χ2v) is 5.12. The monoisotopic (exact) mass is 270 g/mol. The Kier molecular flexibility index (Phi) is 3.52. The van der Waals surface area contributed by atoms with E-state index in [0.717, 1.165) is 17.0 Å². The van der Waals surface area contributed by atoms with E-state index in [1.54, 1.807) is 12.4 Å². The lowest BCUT2D eigenvalue weighted by molar-refractivity contribution is -0.132. The van der Waals surface area contributed by atoms with Crippen molar-refractivity contribution in [3.05, 3.63) is 53.6 Å². The third-order valence-corrected chi connectivity index (χ3v) is 3.72. The van der Waals surface area contributed by atoms with Crippen LogP contribution in [0, 0.1) is 0 Å². The lowest BCUT2D eigenvalue weighted by Gasteiger charge is -2.33. The first kappa shape index (κ1) is 12.9. The average Bonchev–Trinajstić information content (AvgIpc) is 2.98. The van der Waals surface area contributed by atoms with Gasteiger partial charge in [-0.1, -0.05) is 24.3 Å². The Hall–Kier alpha value is -2.14. The van der Waals surface area contributed by atoms with Crippen LogP contribution < -0.4 is 5.73 Å². The van der Waals surface area contributed by atoms with Crippen molar-refractivity contribution in [2.45, 2.75) is 25.4 Å². The average molecular weight is 270 g/mol. The number of benzene rings is 1. The van der Waals surface area contributed by atoms with Gasteiger partial charge in [0, 0.05) is 44.4 Å². The molecule has 0 spiro atoms. The number of nitrogens with one attached hydrogen (secondary N) is 1. The highest BCUT2D eigenvalue weighted by Crippen LogP contribution is 2.25. The van der Waals surface area contributed by atoms with Crippen LogP contribution in [0.25, 0.3) is 0 Å². The summed E-state index contributed by atoms with van der Waals surface area (Å²) in [5.41, 5.74) is 8.46. The molecule has 0 saturated heterocycles. The molecule has 104 valence electrons. The first-order chi connectivity index (χ1) is 9.74. The highest BCUT2D eigenvalue weighted by molar-refractivity contribution is 5.76. The van der Waals surface area contributed by atoms with E-state index in [4.69, 9.17) is 5.73 Å². The molecule has 3 N–H and O–H groups in total. The number of rotatable bonds is 3. The van der Waals surface area contributed by atoms with Crippen LogP contribution in [0.3, 0.4) is 0 Å². The molecule has 1 aliphatic heterocycles. The van der Waals surface area contributed by atoms with Crippen molar-refractivity contribution >= 4 is 5.91 Å². The van der Waals surface area contributed by atoms with Gasteiger partial charge in [-0.05, 0) is 11.1 Å². The Labute approximate surface area is 117 Å². The zero-order valence-corrected chi connectivity index (χ0v) is 11.2. The number of fused-ring (bicyclic) bond motifs is 1. The van der Waals surface area contributed by atoms with Gasteiger partial charge in [-0.15, -0.1) is 0 Å². The fraction of sp³-hybridized carbons (Fsp3) is 0.333. The van der Waals surface area contributed by atoms with Crippen LogP contribution in [0.2, 0.25) is 0 Å². The van der Waals surface area contributed by atoms with Crippen LogP contribution in [0.5, 0.6) is 0 Å². The van der Waals surface area contributed by atoms with E-state index in [9.17, 15) is 4.79 Å². The Balaban J connectivity index is 1.65. The maximum Gasteiger partial charge on any atom is 0.223 e. The number of carbonyl (C=O) groups is 1. The number of hydrogen-bond donors (Lipinski definition) is 2. The zero-order chi connectivity index (χ0) is 13.9. The molecule has 1 aromatic heterocycles. The van der Waals surface area contributed by atoms with E-state index >= 15 is 0 Å². The van der Waals surface area contributed by atoms with Gasteiger partial charge >= 0.3 is 0 Å². The van der Waals surface area contributed by atoms with Crippen LogP contribution in [0.1, 0.15) is 29.4 Å². The number of carbonyl (C=O) groups excluding carboxylic acids is 1. The Bertz CT molecular complexity index is 594. The zero-order valence-electron chi connectivity index (χ0n) is 11.2. The first-order valence-electron chi connectivity index (χ1n) is 6.83. The van der Waals surface area contributed by atoms with Crippen LogP contribution in [-0.2, 0) is 17.8 Å². The lowest BCUT2D eigenvalue weighted by Crippen LogP contribution is -2.41. The second-order valence-electron chi connectivity index (χ2n) is 5.12.